The van der Waals surface area contributed by atoms with Gasteiger partial charge in [0.2, 0.25) is 5.88 Å². The molecule has 0 saturated heterocycles. The lowest BCUT2D eigenvalue weighted by atomic mass is 10.2. The number of carboxylic acid groups (broad SMARTS) is 1. The van der Waals surface area contributed by atoms with Crippen LogP contribution in [-0.2, 0) is 13.2 Å². The third-order valence-corrected chi connectivity index (χ3v) is 3.66. The fraction of sp³-hybridized carbons (Fsp3) is 0.125. The van der Waals surface area contributed by atoms with Crippen molar-refractivity contribution < 1.29 is 14.6 Å². The summed E-state index contributed by atoms with van der Waals surface area (Å²) in [4.78, 5) is 23.3. The van der Waals surface area contributed by atoms with Crippen molar-refractivity contribution >= 4 is 33.1 Å². The summed E-state index contributed by atoms with van der Waals surface area (Å²) in [7, 11) is 0. The number of ether oxygens (including phenoxy) is 1. The summed E-state index contributed by atoms with van der Waals surface area (Å²) in [5.74, 6) is 0.412. The first-order valence-electron chi connectivity index (χ1n) is 7.05. The number of aromatic nitrogens is 3. The molecule has 0 bridgehead atoms. The number of halogens is 1. The first kappa shape index (κ1) is 16.1. The van der Waals surface area contributed by atoms with Crippen LogP contribution in [0.25, 0.3) is 11.0 Å². The number of carbonyl (C=O) groups is 1. The van der Waals surface area contributed by atoms with Crippen molar-refractivity contribution in [3.63, 3.8) is 0 Å². The molecule has 0 unspecified atom stereocenters. The van der Waals surface area contributed by atoms with Crippen LogP contribution in [0.3, 0.4) is 0 Å². The van der Waals surface area contributed by atoms with E-state index in [-0.39, 0.29) is 13.2 Å². The first-order chi connectivity index (χ1) is 11.6. The molecule has 122 valence electrons. The second-order valence-corrected chi connectivity index (χ2v) is 5.91. The van der Waals surface area contributed by atoms with E-state index < -0.39 is 6.09 Å². The molecule has 8 heteroatoms. The van der Waals surface area contributed by atoms with Crippen molar-refractivity contribution in [2.45, 2.75) is 13.2 Å². The van der Waals surface area contributed by atoms with Crippen LogP contribution in [0.4, 0.5) is 4.79 Å². The number of hydrogen-bond acceptors (Lipinski definition) is 5. The van der Waals surface area contributed by atoms with E-state index in [1.165, 1.54) is 0 Å². The monoisotopic (exact) mass is 388 g/mol. The summed E-state index contributed by atoms with van der Waals surface area (Å²) in [6, 6.07) is 7.47. The number of nitrogens with one attached hydrogen (secondary N) is 1. The quantitative estimate of drug-likeness (QED) is 0.696. The molecule has 7 nitrogen and oxygen atoms in total. The van der Waals surface area contributed by atoms with E-state index >= 15 is 0 Å². The standard InChI is InChI=1S/C16H13BrN4O3/c17-12-1-2-13-14(4-12)21-15(8-19-13)24-9-11-3-10(5-18-6-11)7-20-16(22)23/h1-6,8,20H,7,9H2,(H,22,23). The van der Waals surface area contributed by atoms with Crippen LogP contribution < -0.4 is 10.1 Å². The molecule has 3 rings (SSSR count). The summed E-state index contributed by atoms with van der Waals surface area (Å²) in [6.45, 7) is 0.460. The lowest BCUT2D eigenvalue weighted by Gasteiger charge is -2.07. The minimum atomic E-state index is -1.07. The van der Waals surface area contributed by atoms with Crippen molar-refractivity contribution in [2.75, 3.05) is 0 Å². The normalized spacial score (nSPS) is 10.5. The predicted octanol–water partition coefficient (Wildman–Crippen LogP) is 3.13. The van der Waals surface area contributed by atoms with Gasteiger partial charge in [-0.2, -0.15) is 0 Å². The zero-order valence-corrected chi connectivity index (χ0v) is 14.0. The summed E-state index contributed by atoms with van der Waals surface area (Å²) >= 11 is 3.40. The molecular weight excluding hydrogens is 376 g/mol. The van der Waals surface area contributed by atoms with Gasteiger partial charge >= 0.3 is 6.09 Å². The SMILES string of the molecule is O=C(O)NCc1cncc(COc2cnc3ccc(Br)cc3n2)c1. The number of amides is 1. The molecular formula is C16H13BrN4O3. The number of rotatable bonds is 5. The molecule has 0 aliphatic carbocycles. The number of pyridine rings is 1. The molecule has 0 fully saturated rings. The Morgan fingerprint density at radius 3 is 2.83 bits per heavy atom. The van der Waals surface area contributed by atoms with Gasteiger partial charge in [0.1, 0.15) is 6.61 Å². The minimum absolute atomic E-state index is 0.194. The Balaban J connectivity index is 1.69. The van der Waals surface area contributed by atoms with E-state index in [1.807, 2.05) is 24.3 Å². The van der Waals surface area contributed by atoms with Gasteiger partial charge in [0.05, 0.1) is 17.2 Å². The van der Waals surface area contributed by atoms with Gasteiger partial charge < -0.3 is 15.2 Å². The summed E-state index contributed by atoms with van der Waals surface area (Å²) < 4.78 is 6.58. The molecule has 2 aromatic heterocycles. The van der Waals surface area contributed by atoms with Gasteiger partial charge in [0.25, 0.3) is 0 Å². The maximum absolute atomic E-state index is 10.5. The van der Waals surface area contributed by atoms with E-state index in [2.05, 4.69) is 36.2 Å². The number of benzene rings is 1. The third-order valence-electron chi connectivity index (χ3n) is 3.16. The lowest BCUT2D eigenvalue weighted by molar-refractivity contribution is 0.194. The molecule has 0 aliphatic heterocycles. The average molecular weight is 389 g/mol. The van der Waals surface area contributed by atoms with Gasteiger partial charge in [-0.3, -0.25) is 4.98 Å². The highest BCUT2D eigenvalue weighted by atomic mass is 79.9. The fourth-order valence-corrected chi connectivity index (χ4v) is 2.44. The van der Waals surface area contributed by atoms with Crippen molar-refractivity contribution in [3.05, 3.63) is 58.5 Å². The van der Waals surface area contributed by atoms with E-state index in [0.717, 1.165) is 26.6 Å². The summed E-state index contributed by atoms with van der Waals surface area (Å²) in [5, 5.41) is 10.9. The lowest BCUT2D eigenvalue weighted by Crippen LogP contribution is -2.20. The predicted molar refractivity (Wildman–Crippen MR) is 90.7 cm³/mol. The molecule has 0 saturated carbocycles. The van der Waals surface area contributed by atoms with Crippen LogP contribution in [0.5, 0.6) is 5.88 Å². The van der Waals surface area contributed by atoms with E-state index in [0.29, 0.717) is 5.88 Å². The number of hydrogen-bond donors (Lipinski definition) is 2. The highest BCUT2D eigenvalue weighted by Crippen LogP contribution is 2.19. The Kier molecular flexibility index (Phi) is 4.85. The van der Waals surface area contributed by atoms with Crippen LogP contribution in [0.1, 0.15) is 11.1 Å². The van der Waals surface area contributed by atoms with Gasteiger partial charge in [-0.1, -0.05) is 15.9 Å². The maximum atomic E-state index is 10.5. The Morgan fingerprint density at radius 2 is 2.00 bits per heavy atom. The number of fused-ring (bicyclic) bond motifs is 1. The molecule has 2 heterocycles. The fourth-order valence-electron chi connectivity index (χ4n) is 2.09. The minimum Gasteiger partial charge on any atom is -0.472 e. The Morgan fingerprint density at radius 1 is 1.17 bits per heavy atom. The van der Waals surface area contributed by atoms with Crippen molar-refractivity contribution in [2.24, 2.45) is 0 Å². The van der Waals surface area contributed by atoms with Gasteiger partial charge in [-0.25, -0.2) is 14.8 Å². The van der Waals surface area contributed by atoms with Crippen molar-refractivity contribution in [3.8, 4) is 5.88 Å². The largest absolute Gasteiger partial charge is 0.472 e. The highest BCUT2D eigenvalue weighted by Gasteiger charge is 2.04. The molecule has 24 heavy (non-hydrogen) atoms. The van der Waals surface area contributed by atoms with Crippen LogP contribution in [0.15, 0.2) is 47.3 Å². The zero-order chi connectivity index (χ0) is 16.9. The zero-order valence-electron chi connectivity index (χ0n) is 12.4. The topological polar surface area (TPSA) is 97.2 Å². The Bertz CT molecular complexity index is 888. The molecule has 0 atom stereocenters. The first-order valence-corrected chi connectivity index (χ1v) is 7.84. The van der Waals surface area contributed by atoms with Gasteiger partial charge in [0, 0.05) is 29.0 Å². The third kappa shape index (κ3) is 4.17. The van der Waals surface area contributed by atoms with Crippen LogP contribution >= 0.6 is 15.9 Å². The van der Waals surface area contributed by atoms with Crippen LogP contribution in [-0.4, -0.2) is 26.2 Å². The average Bonchev–Trinajstić information content (AvgIpc) is 2.58. The van der Waals surface area contributed by atoms with Gasteiger partial charge in [-0.15, -0.1) is 0 Å². The highest BCUT2D eigenvalue weighted by molar-refractivity contribution is 9.10. The second-order valence-electron chi connectivity index (χ2n) is 4.99. The Labute approximate surface area is 145 Å². The smallest absolute Gasteiger partial charge is 0.404 e. The second kappa shape index (κ2) is 7.22. The molecule has 1 amide bonds. The summed E-state index contributed by atoms with van der Waals surface area (Å²) in [6.07, 6.45) is 3.76. The molecule has 0 spiro atoms. The summed E-state index contributed by atoms with van der Waals surface area (Å²) in [5.41, 5.74) is 3.09. The van der Waals surface area contributed by atoms with Crippen LogP contribution in [0.2, 0.25) is 0 Å². The maximum Gasteiger partial charge on any atom is 0.404 e. The Hall–Kier alpha value is -2.74. The van der Waals surface area contributed by atoms with E-state index in [1.54, 1.807) is 18.6 Å². The number of nitrogens with zero attached hydrogens (tertiary/aromatic N) is 3. The molecule has 2 N–H and O–H groups in total. The van der Waals surface area contributed by atoms with Crippen molar-refractivity contribution in [1.29, 1.82) is 0 Å². The van der Waals surface area contributed by atoms with Crippen LogP contribution in [0, 0.1) is 0 Å². The molecule has 3 aromatic rings. The molecule has 0 radical (unpaired) electrons. The molecule has 1 aromatic carbocycles. The van der Waals surface area contributed by atoms with E-state index in [9.17, 15) is 4.79 Å². The van der Waals surface area contributed by atoms with Gasteiger partial charge in [-0.05, 0) is 29.8 Å². The van der Waals surface area contributed by atoms with Crippen molar-refractivity contribution in [1.82, 2.24) is 20.3 Å². The van der Waals surface area contributed by atoms with E-state index in [4.69, 9.17) is 9.84 Å². The molecule has 0 aliphatic rings. The van der Waals surface area contributed by atoms with Gasteiger partial charge in [0.15, 0.2) is 0 Å².